The van der Waals surface area contributed by atoms with E-state index in [-0.39, 0.29) is 5.69 Å². The summed E-state index contributed by atoms with van der Waals surface area (Å²) in [5, 5.41) is 8.92. The molecule has 0 saturated carbocycles. The van der Waals surface area contributed by atoms with Crippen LogP contribution in [0.5, 0.6) is 0 Å². The van der Waals surface area contributed by atoms with Crippen molar-refractivity contribution in [2.75, 3.05) is 0 Å². The Morgan fingerprint density at radius 2 is 2.31 bits per heavy atom. The summed E-state index contributed by atoms with van der Waals surface area (Å²) in [5.41, 5.74) is 0.287. The van der Waals surface area contributed by atoms with Gasteiger partial charge in [-0.2, -0.15) is 0 Å². The SMILES string of the molecule is O=C(O)c1c(Br)nc2n1CCCC2. The fourth-order valence-electron chi connectivity index (χ4n) is 1.66. The number of carboxylic acids is 1. The number of hydrogen-bond donors (Lipinski definition) is 1. The van der Waals surface area contributed by atoms with Gasteiger partial charge in [-0.1, -0.05) is 0 Å². The molecule has 0 saturated heterocycles. The molecule has 13 heavy (non-hydrogen) atoms. The summed E-state index contributed by atoms with van der Waals surface area (Å²) < 4.78 is 2.24. The number of aromatic carboxylic acids is 1. The van der Waals surface area contributed by atoms with Gasteiger partial charge in [0.05, 0.1) is 0 Å². The highest BCUT2D eigenvalue weighted by molar-refractivity contribution is 9.10. The Labute approximate surface area is 83.7 Å². The number of nitrogens with zero attached hydrogens (tertiary/aromatic N) is 2. The van der Waals surface area contributed by atoms with E-state index in [1.807, 2.05) is 0 Å². The average Bonchev–Trinajstić information content (AvgIpc) is 2.39. The van der Waals surface area contributed by atoms with Crippen LogP contribution in [0, 0.1) is 0 Å². The van der Waals surface area contributed by atoms with Crippen LogP contribution in [0.4, 0.5) is 0 Å². The lowest BCUT2D eigenvalue weighted by Gasteiger charge is -2.14. The van der Waals surface area contributed by atoms with Gasteiger partial charge in [-0.3, -0.25) is 0 Å². The Kier molecular flexibility index (Phi) is 2.11. The highest BCUT2D eigenvalue weighted by atomic mass is 79.9. The average molecular weight is 245 g/mol. The Bertz CT molecular complexity index is 359. The summed E-state index contributed by atoms with van der Waals surface area (Å²) in [6.07, 6.45) is 3.02. The molecule has 1 aromatic rings. The molecule has 1 N–H and O–H groups in total. The Morgan fingerprint density at radius 3 is 3.00 bits per heavy atom. The number of hydrogen-bond acceptors (Lipinski definition) is 2. The first-order valence-electron chi connectivity index (χ1n) is 4.18. The number of halogens is 1. The summed E-state index contributed by atoms with van der Waals surface area (Å²) in [6, 6.07) is 0. The lowest BCUT2D eigenvalue weighted by Crippen LogP contribution is -2.15. The molecule has 5 heteroatoms. The highest BCUT2D eigenvalue weighted by Gasteiger charge is 2.22. The Hall–Kier alpha value is -0.840. The van der Waals surface area contributed by atoms with Crippen LogP contribution in [0.3, 0.4) is 0 Å². The number of imidazole rings is 1. The minimum Gasteiger partial charge on any atom is -0.476 e. The predicted octanol–water partition coefficient (Wildman–Crippen LogP) is 1.68. The summed E-state index contributed by atoms with van der Waals surface area (Å²) in [5.74, 6) is -0.0250. The van der Waals surface area contributed by atoms with Gasteiger partial charge in [-0.25, -0.2) is 9.78 Å². The van der Waals surface area contributed by atoms with Gasteiger partial charge >= 0.3 is 5.97 Å². The lowest BCUT2D eigenvalue weighted by atomic mass is 10.2. The molecule has 2 rings (SSSR count). The van der Waals surface area contributed by atoms with E-state index in [1.54, 1.807) is 4.57 Å². The van der Waals surface area contributed by atoms with Crippen molar-refractivity contribution in [2.45, 2.75) is 25.8 Å². The molecule has 0 unspecified atom stereocenters. The van der Waals surface area contributed by atoms with Crippen molar-refractivity contribution >= 4 is 21.9 Å². The maximum absolute atomic E-state index is 10.9. The van der Waals surface area contributed by atoms with Crippen LogP contribution in [0.2, 0.25) is 0 Å². The highest BCUT2D eigenvalue weighted by Crippen LogP contribution is 2.23. The summed E-state index contributed by atoms with van der Waals surface area (Å²) in [6.45, 7) is 0.773. The normalized spacial score (nSPS) is 15.5. The third kappa shape index (κ3) is 1.37. The number of aryl methyl sites for hydroxylation is 1. The maximum atomic E-state index is 10.9. The third-order valence-corrected chi connectivity index (χ3v) is 2.79. The van der Waals surface area contributed by atoms with E-state index in [9.17, 15) is 4.79 Å². The smallest absolute Gasteiger partial charge is 0.355 e. The number of rotatable bonds is 1. The zero-order valence-electron chi connectivity index (χ0n) is 6.96. The molecule has 70 valence electrons. The van der Waals surface area contributed by atoms with Crippen LogP contribution in [-0.2, 0) is 13.0 Å². The van der Waals surface area contributed by atoms with E-state index < -0.39 is 5.97 Å². The second-order valence-electron chi connectivity index (χ2n) is 3.08. The first-order chi connectivity index (χ1) is 6.20. The quantitative estimate of drug-likeness (QED) is 0.818. The monoisotopic (exact) mass is 244 g/mol. The van der Waals surface area contributed by atoms with Crippen molar-refractivity contribution in [3.8, 4) is 0 Å². The largest absolute Gasteiger partial charge is 0.476 e. The van der Waals surface area contributed by atoms with E-state index in [1.165, 1.54) is 0 Å². The van der Waals surface area contributed by atoms with Gasteiger partial charge in [-0.05, 0) is 28.8 Å². The van der Waals surface area contributed by atoms with E-state index in [0.717, 1.165) is 31.6 Å². The first-order valence-corrected chi connectivity index (χ1v) is 4.97. The first kappa shape index (κ1) is 8.74. The van der Waals surface area contributed by atoms with E-state index in [2.05, 4.69) is 20.9 Å². The van der Waals surface area contributed by atoms with E-state index in [4.69, 9.17) is 5.11 Å². The minimum atomic E-state index is -0.910. The van der Waals surface area contributed by atoms with Gasteiger partial charge in [0.1, 0.15) is 10.4 Å². The van der Waals surface area contributed by atoms with Gasteiger partial charge in [0.2, 0.25) is 0 Å². The lowest BCUT2D eigenvalue weighted by molar-refractivity contribution is 0.0682. The van der Waals surface area contributed by atoms with Crippen LogP contribution in [0.15, 0.2) is 4.60 Å². The molecule has 0 bridgehead atoms. The van der Waals surface area contributed by atoms with Gasteiger partial charge in [0, 0.05) is 13.0 Å². The number of carboxylic acid groups (broad SMARTS) is 1. The maximum Gasteiger partial charge on any atom is 0.355 e. The van der Waals surface area contributed by atoms with Crippen molar-refractivity contribution < 1.29 is 9.90 Å². The zero-order valence-corrected chi connectivity index (χ0v) is 8.54. The molecule has 4 nitrogen and oxygen atoms in total. The fourth-order valence-corrected chi connectivity index (χ4v) is 2.24. The molecule has 0 amide bonds. The molecular formula is C8H9BrN2O2. The molecule has 0 fully saturated rings. The third-order valence-electron chi connectivity index (χ3n) is 2.24. The number of aromatic nitrogens is 2. The molecule has 1 aliphatic rings. The topological polar surface area (TPSA) is 55.1 Å². The van der Waals surface area contributed by atoms with Gasteiger partial charge in [0.15, 0.2) is 5.69 Å². The summed E-state index contributed by atoms with van der Waals surface area (Å²) in [4.78, 5) is 15.0. The van der Waals surface area contributed by atoms with Crippen molar-refractivity contribution in [1.29, 1.82) is 0 Å². The molecule has 0 atom stereocenters. The van der Waals surface area contributed by atoms with Crippen molar-refractivity contribution in [3.05, 3.63) is 16.1 Å². The second-order valence-corrected chi connectivity index (χ2v) is 3.83. The fraction of sp³-hybridized carbons (Fsp3) is 0.500. The number of fused-ring (bicyclic) bond motifs is 1. The molecule has 0 aromatic carbocycles. The van der Waals surface area contributed by atoms with Crippen LogP contribution in [0.1, 0.15) is 29.2 Å². The van der Waals surface area contributed by atoms with Crippen molar-refractivity contribution in [3.63, 3.8) is 0 Å². The van der Waals surface area contributed by atoms with Crippen LogP contribution in [0.25, 0.3) is 0 Å². The van der Waals surface area contributed by atoms with Crippen LogP contribution < -0.4 is 0 Å². The van der Waals surface area contributed by atoms with Crippen molar-refractivity contribution in [2.24, 2.45) is 0 Å². The standard InChI is InChI=1S/C8H9BrN2O2/c9-7-6(8(12)13)11-4-2-1-3-5(11)10-7/h1-4H2,(H,12,13). The number of carbonyl (C=O) groups is 1. The summed E-state index contributed by atoms with van der Waals surface area (Å²) in [7, 11) is 0. The van der Waals surface area contributed by atoms with Crippen LogP contribution in [-0.4, -0.2) is 20.6 Å². The minimum absolute atomic E-state index is 0.287. The van der Waals surface area contributed by atoms with Gasteiger partial charge < -0.3 is 9.67 Å². The summed E-state index contributed by atoms with van der Waals surface area (Å²) >= 11 is 3.17. The molecule has 2 heterocycles. The molecule has 0 radical (unpaired) electrons. The predicted molar refractivity (Wildman–Crippen MR) is 49.8 cm³/mol. The molecular weight excluding hydrogens is 236 g/mol. The Balaban J connectivity index is 2.54. The molecule has 1 aromatic heterocycles. The van der Waals surface area contributed by atoms with Crippen molar-refractivity contribution in [1.82, 2.24) is 9.55 Å². The Morgan fingerprint density at radius 1 is 1.54 bits per heavy atom. The molecule has 0 spiro atoms. The molecule has 0 aliphatic carbocycles. The van der Waals surface area contributed by atoms with E-state index in [0.29, 0.717) is 4.60 Å². The van der Waals surface area contributed by atoms with E-state index >= 15 is 0 Å². The zero-order chi connectivity index (χ0) is 9.42. The van der Waals surface area contributed by atoms with Gasteiger partial charge in [0.25, 0.3) is 0 Å². The molecule has 1 aliphatic heterocycles. The van der Waals surface area contributed by atoms with Gasteiger partial charge in [-0.15, -0.1) is 0 Å². The van der Waals surface area contributed by atoms with Crippen LogP contribution >= 0.6 is 15.9 Å². The second kappa shape index (κ2) is 3.14.